The lowest BCUT2D eigenvalue weighted by Gasteiger charge is -2.15. The zero-order valence-corrected chi connectivity index (χ0v) is 9.16. The van der Waals surface area contributed by atoms with E-state index < -0.39 is 5.41 Å². The highest BCUT2D eigenvalue weighted by Gasteiger charge is 2.24. The summed E-state index contributed by atoms with van der Waals surface area (Å²) in [4.78, 5) is 14.7. The van der Waals surface area contributed by atoms with E-state index in [1.54, 1.807) is 33.0 Å². The average Bonchev–Trinajstić information content (AvgIpc) is 2.64. The third-order valence-corrected chi connectivity index (χ3v) is 1.97. The molecule has 1 aromatic rings. The quantitative estimate of drug-likeness (QED) is 0.591. The summed E-state index contributed by atoms with van der Waals surface area (Å²) >= 11 is 0. The molecule has 0 aliphatic carbocycles. The number of carbonyl (C=O) groups excluding carboxylic acids is 1. The molecule has 78 valence electrons. The molecule has 1 aromatic heterocycles. The Labute approximate surface area is 89.4 Å². The van der Waals surface area contributed by atoms with Gasteiger partial charge in [-0.1, -0.05) is 20.8 Å². The Morgan fingerprint density at radius 2 is 2.20 bits per heavy atom. The van der Waals surface area contributed by atoms with Crippen LogP contribution in [0.25, 0.3) is 6.08 Å². The van der Waals surface area contributed by atoms with Crippen LogP contribution >= 0.6 is 0 Å². The molecule has 0 saturated carbocycles. The Hall–Kier alpha value is -1.82. The largest absolute Gasteiger partial charge is 0.362 e. The van der Waals surface area contributed by atoms with Gasteiger partial charge in [0.1, 0.15) is 6.07 Å². The number of hydrogen-bond donors (Lipinski definition) is 1. The molecule has 3 nitrogen and oxygen atoms in total. The fourth-order valence-corrected chi connectivity index (χ4v) is 1.14. The molecule has 3 heteroatoms. The summed E-state index contributed by atoms with van der Waals surface area (Å²) < 4.78 is 0. The van der Waals surface area contributed by atoms with Crippen molar-refractivity contribution in [2.45, 2.75) is 20.8 Å². The molecule has 1 heterocycles. The zero-order chi connectivity index (χ0) is 11.5. The van der Waals surface area contributed by atoms with E-state index in [2.05, 4.69) is 4.98 Å². The zero-order valence-electron chi connectivity index (χ0n) is 9.16. The van der Waals surface area contributed by atoms with Crippen molar-refractivity contribution >= 4 is 11.9 Å². The number of Topliss-reactive ketones (excluding diaryl/α,β-unsaturated/α-hetero) is 1. The lowest BCUT2D eigenvalue weighted by atomic mass is 9.86. The van der Waals surface area contributed by atoms with Gasteiger partial charge in [0, 0.05) is 17.3 Å². The van der Waals surface area contributed by atoms with Crippen molar-refractivity contribution in [3.63, 3.8) is 0 Å². The highest BCUT2D eigenvalue weighted by Crippen LogP contribution is 2.20. The second kappa shape index (κ2) is 4.14. The molecule has 0 atom stereocenters. The van der Waals surface area contributed by atoms with Gasteiger partial charge >= 0.3 is 0 Å². The van der Waals surface area contributed by atoms with Gasteiger partial charge in [-0.15, -0.1) is 0 Å². The summed E-state index contributed by atoms with van der Waals surface area (Å²) in [6.07, 6.45) is 3.33. The normalized spacial score (nSPS) is 12.3. The van der Waals surface area contributed by atoms with Crippen LogP contribution in [0.1, 0.15) is 26.5 Å². The van der Waals surface area contributed by atoms with E-state index in [1.165, 1.54) is 0 Å². The van der Waals surface area contributed by atoms with Gasteiger partial charge in [-0.3, -0.25) is 4.79 Å². The Bertz CT molecular complexity index is 413. The molecule has 0 unspecified atom stereocenters. The predicted octanol–water partition coefficient (Wildman–Crippen LogP) is 2.54. The minimum absolute atomic E-state index is 0.139. The summed E-state index contributed by atoms with van der Waals surface area (Å²) in [6, 6.07) is 5.57. The van der Waals surface area contributed by atoms with Crippen LogP contribution in [0.3, 0.4) is 0 Å². The molecule has 1 rings (SSSR count). The fraction of sp³-hybridized carbons (Fsp3) is 0.333. The van der Waals surface area contributed by atoms with Crippen LogP contribution < -0.4 is 0 Å². The third-order valence-electron chi connectivity index (χ3n) is 1.97. The van der Waals surface area contributed by atoms with Crippen molar-refractivity contribution in [3.05, 3.63) is 29.6 Å². The topological polar surface area (TPSA) is 56.6 Å². The molecule has 0 fully saturated rings. The number of hydrogen-bond acceptors (Lipinski definition) is 2. The number of rotatable bonds is 2. The van der Waals surface area contributed by atoms with Crippen molar-refractivity contribution in [1.82, 2.24) is 4.98 Å². The van der Waals surface area contributed by atoms with Crippen LogP contribution in [-0.2, 0) is 4.79 Å². The molecule has 0 aliphatic heterocycles. The Balaban J connectivity index is 3.02. The molecule has 0 aromatic carbocycles. The van der Waals surface area contributed by atoms with Crippen LogP contribution in [0, 0.1) is 16.7 Å². The third kappa shape index (κ3) is 2.81. The first-order valence-corrected chi connectivity index (χ1v) is 4.75. The van der Waals surface area contributed by atoms with E-state index >= 15 is 0 Å². The summed E-state index contributed by atoms with van der Waals surface area (Å²) in [5.74, 6) is -0.139. The number of aromatic nitrogens is 1. The van der Waals surface area contributed by atoms with Gasteiger partial charge < -0.3 is 4.98 Å². The number of nitriles is 1. The average molecular weight is 202 g/mol. The highest BCUT2D eigenvalue weighted by atomic mass is 16.1. The molecule has 0 amide bonds. The van der Waals surface area contributed by atoms with Gasteiger partial charge in [-0.2, -0.15) is 5.26 Å². The van der Waals surface area contributed by atoms with Crippen LogP contribution in [-0.4, -0.2) is 10.8 Å². The number of carbonyl (C=O) groups is 1. The summed E-state index contributed by atoms with van der Waals surface area (Å²) in [7, 11) is 0. The van der Waals surface area contributed by atoms with Crippen LogP contribution in [0.5, 0.6) is 0 Å². The predicted molar refractivity (Wildman–Crippen MR) is 58.8 cm³/mol. The molecule has 0 saturated heterocycles. The van der Waals surface area contributed by atoms with Gasteiger partial charge in [0.25, 0.3) is 0 Å². The number of allylic oxidation sites excluding steroid dienone is 1. The number of nitrogens with one attached hydrogen (secondary N) is 1. The van der Waals surface area contributed by atoms with E-state index in [4.69, 9.17) is 5.26 Å². The molecular formula is C12H14N2O. The van der Waals surface area contributed by atoms with Gasteiger partial charge in [-0.05, 0) is 18.2 Å². The smallest absolute Gasteiger partial charge is 0.178 e. The Morgan fingerprint density at radius 3 is 2.60 bits per heavy atom. The molecule has 0 bridgehead atoms. The summed E-state index contributed by atoms with van der Waals surface area (Å²) in [5, 5.41) is 8.91. The maximum Gasteiger partial charge on any atom is 0.178 e. The first kappa shape index (κ1) is 11.3. The lowest BCUT2D eigenvalue weighted by molar-refractivity contribution is -0.121. The molecular weight excluding hydrogens is 188 g/mol. The SMILES string of the molecule is CC(C)(C)C(=O)C(C#N)=Cc1ccc[nH]1. The standard InChI is InChI=1S/C12H14N2O/c1-12(2,3)11(15)9(8-13)7-10-5-4-6-14-10/h4-7,14H,1-3H3. The minimum atomic E-state index is -0.520. The van der Waals surface area contributed by atoms with E-state index in [-0.39, 0.29) is 11.4 Å². The van der Waals surface area contributed by atoms with Crippen molar-refractivity contribution in [2.24, 2.45) is 5.41 Å². The van der Waals surface area contributed by atoms with Gasteiger partial charge in [0.15, 0.2) is 5.78 Å². The molecule has 1 N–H and O–H groups in total. The highest BCUT2D eigenvalue weighted by molar-refractivity contribution is 6.05. The second-order valence-electron chi connectivity index (χ2n) is 4.37. The van der Waals surface area contributed by atoms with E-state index in [0.717, 1.165) is 5.69 Å². The summed E-state index contributed by atoms with van der Waals surface area (Å²) in [6.45, 7) is 5.40. The molecule has 0 radical (unpaired) electrons. The van der Waals surface area contributed by atoms with Gasteiger partial charge in [-0.25, -0.2) is 0 Å². The van der Waals surface area contributed by atoms with Crippen molar-refractivity contribution < 1.29 is 4.79 Å². The summed E-state index contributed by atoms with van der Waals surface area (Å²) in [5.41, 5.74) is 0.433. The van der Waals surface area contributed by atoms with Crippen molar-refractivity contribution in [3.8, 4) is 6.07 Å². The lowest BCUT2D eigenvalue weighted by Crippen LogP contribution is -2.21. The molecule has 15 heavy (non-hydrogen) atoms. The first-order valence-electron chi connectivity index (χ1n) is 4.75. The van der Waals surface area contributed by atoms with E-state index in [1.807, 2.05) is 18.2 Å². The van der Waals surface area contributed by atoms with Gasteiger partial charge in [0.05, 0.1) is 5.57 Å². The molecule has 0 spiro atoms. The fourth-order valence-electron chi connectivity index (χ4n) is 1.14. The maximum absolute atomic E-state index is 11.8. The maximum atomic E-state index is 11.8. The molecule has 0 aliphatic rings. The van der Waals surface area contributed by atoms with E-state index in [9.17, 15) is 4.79 Å². The van der Waals surface area contributed by atoms with Crippen LogP contribution in [0.2, 0.25) is 0 Å². The number of aromatic amines is 1. The number of ketones is 1. The second-order valence-corrected chi connectivity index (χ2v) is 4.37. The van der Waals surface area contributed by atoms with Crippen LogP contribution in [0.4, 0.5) is 0 Å². The minimum Gasteiger partial charge on any atom is -0.362 e. The van der Waals surface area contributed by atoms with Crippen molar-refractivity contribution in [1.29, 1.82) is 5.26 Å². The monoisotopic (exact) mass is 202 g/mol. The van der Waals surface area contributed by atoms with E-state index in [0.29, 0.717) is 0 Å². The number of H-pyrrole nitrogens is 1. The van der Waals surface area contributed by atoms with Crippen molar-refractivity contribution in [2.75, 3.05) is 0 Å². The number of nitrogens with zero attached hydrogens (tertiary/aromatic N) is 1. The van der Waals surface area contributed by atoms with Gasteiger partial charge in [0.2, 0.25) is 0 Å². The first-order chi connectivity index (χ1) is 6.95. The Kier molecular flexibility index (Phi) is 3.11. The Morgan fingerprint density at radius 1 is 1.53 bits per heavy atom. The van der Waals surface area contributed by atoms with Crippen LogP contribution in [0.15, 0.2) is 23.9 Å².